The van der Waals surface area contributed by atoms with Gasteiger partial charge in [-0.05, 0) is 30.5 Å². The van der Waals surface area contributed by atoms with Crippen molar-refractivity contribution in [3.63, 3.8) is 0 Å². The number of aromatic amines is 1. The third kappa shape index (κ3) is 3.62. The monoisotopic (exact) mass is 345 g/mol. The van der Waals surface area contributed by atoms with Crippen molar-refractivity contribution in [2.45, 2.75) is 6.42 Å². The predicted molar refractivity (Wildman–Crippen MR) is 95.8 cm³/mol. The van der Waals surface area contributed by atoms with Crippen LogP contribution in [0.4, 0.5) is 5.69 Å². The number of para-hydroxylation sites is 1. The first-order chi connectivity index (χ1) is 11.5. The normalized spacial score (nSPS) is 17.1. The second-order valence-corrected chi connectivity index (χ2v) is 6.59. The number of pyridine rings is 1. The van der Waals surface area contributed by atoms with Gasteiger partial charge in [0.15, 0.2) is 0 Å². The van der Waals surface area contributed by atoms with Crippen molar-refractivity contribution in [3.8, 4) is 0 Å². The first kappa shape index (κ1) is 16.6. The maximum atomic E-state index is 12.5. The number of amides is 1. The summed E-state index contributed by atoms with van der Waals surface area (Å²) in [4.78, 5) is 30.3. The fourth-order valence-corrected chi connectivity index (χ4v) is 3.30. The van der Waals surface area contributed by atoms with Gasteiger partial charge in [-0.3, -0.25) is 9.59 Å². The molecule has 5 nitrogen and oxygen atoms in total. The number of halogens is 1. The van der Waals surface area contributed by atoms with E-state index in [-0.39, 0.29) is 16.5 Å². The van der Waals surface area contributed by atoms with Crippen molar-refractivity contribution >= 4 is 23.2 Å². The van der Waals surface area contributed by atoms with E-state index < -0.39 is 0 Å². The Kier molecular flexibility index (Phi) is 4.90. The van der Waals surface area contributed by atoms with E-state index in [1.54, 1.807) is 11.9 Å². The average molecular weight is 346 g/mol. The lowest BCUT2D eigenvalue weighted by Gasteiger charge is -2.22. The summed E-state index contributed by atoms with van der Waals surface area (Å²) in [6.45, 7) is 2.62. The van der Waals surface area contributed by atoms with Gasteiger partial charge in [-0.15, -0.1) is 0 Å². The zero-order valence-electron chi connectivity index (χ0n) is 13.5. The highest BCUT2D eigenvalue weighted by Crippen LogP contribution is 2.24. The molecule has 0 unspecified atom stereocenters. The number of nitrogens with one attached hydrogen (secondary N) is 1. The summed E-state index contributed by atoms with van der Waals surface area (Å²) >= 11 is 5.80. The molecule has 6 heteroatoms. The minimum absolute atomic E-state index is 0.0327. The van der Waals surface area contributed by atoms with E-state index in [1.807, 2.05) is 18.2 Å². The first-order valence-corrected chi connectivity index (χ1v) is 8.36. The van der Waals surface area contributed by atoms with Crippen LogP contribution in [-0.2, 0) is 0 Å². The molecular formula is C18H20ClN3O2. The van der Waals surface area contributed by atoms with Crippen LogP contribution in [-0.4, -0.2) is 42.5 Å². The molecule has 1 N–H and O–H groups in total. The Hall–Kier alpha value is -2.27. The maximum absolute atomic E-state index is 12.5. The van der Waals surface area contributed by atoms with Gasteiger partial charge in [-0.2, -0.15) is 0 Å². The van der Waals surface area contributed by atoms with Crippen molar-refractivity contribution in [2.75, 3.05) is 31.6 Å². The van der Waals surface area contributed by atoms with Crippen LogP contribution in [0.15, 0.2) is 47.4 Å². The Labute approximate surface area is 145 Å². The zero-order chi connectivity index (χ0) is 17.1. The molecule has 0 spiro atoms. The Bertz CT molecular complexity index is 775. The Balaban J connectivity index is 1.61. The fraction of sp³-hybridized carbons (Fsp3) is 0.333. The van der Waals surface area contributed by atoms with Gasteiger partial charge in [0.1, 0.15) is 5.02 Å². The Morgan fingerprint density at radius 2 is 2.12 bits per heavy atom. The van der Waals surface area contributed by atoms with Crippen molar-refractivity contribution in [1.29, 1.82) is 0 Å². The maximum Gasteiger partial charge on any atom is 0.266 e. The molecule has 3 rings (SSSR count). The molecule has 0 bridgehead atoms. The van der Waals surface area contributed by atoms with E-state index in [1.165, 1.54) is 18.0 Å². The van der Waals surface area contributed by atoms with E-state index in [0.29, 0.717) is 18.0 Å². The first-order valence-electron chi connectivity index (χ1n) is 7.98. The van der Waals surface area contributed by atoms with Gasteiger partial charge in [0.2, 0.25) is 0 Å². The summed E-state index contributed by atoms with van der Waals surface area (Å²) in [5.41, 5.74) is 1.24. The highest BCUT2D eigenvalue weighted by atomic mass is 35.5. The van der Waals surface area contributed by atoms with Crippen LogP contribution in [0, 0.1) is 5.92 Å². The molecule has 2 aromatic rings. The molecule has 1 atom stereocenters. The topological polar surface area (TPSA) is 56.4 Å². The molecular weight excluding hydrogens is 326 g/mol. The molecule has 1 aromatic heterocycles. The van der Waals surface area contributed by atoms with Crippen molar-refractivity contribution in [1.82, 2.24) is 9.88 Å². The van der Waals surface area contributed by atoms with Crippen LogP contribution in [0.25, 0.3) is 0 Å². The van der Waals surface area contributed by atoms with Gasteiger partial charge < -0.3 is 14.8 Å². The van der Waals surface area contributed by atoms with Crippen molar-refractivity contribution < 1.29 is 4.79 Å². The fourth-order valence-electron chi connectivity index (χ4n) is 3.13. The lowest BCUT2D eigenvalue weighted by Crippen LogP contribution is -2.33. The average Bonchev–Trinajstić information content (AvgIpc) is 3.06. The highest BCUT2D eigenvalue weighted by molar-refractivity contribution is 6.30. The number of rotatable bonds is 4. The number of anilines is 1. The van der Waals surface area contributed by atoms with Crippen molar-refractivity contribution in [2.24, 2.45) is 5.92 Å². The smallest absolute Gasteiger partial charge is 0.266 e. The molecule has 1 aliphatic heterocycles. The van der Waals surface area contributed by atoms with Crippen LogP contribution in [0.1, 0.15) is 16.8 Å². The number of hydrogen-bond donors (Lipinski definition) is 1. The molecule has 1 saturated heterocycles. The molecule has 0 aliphatic carbocycles. The molecule has 0 saturated carbocycles. The number of aromatic nitrogens is 1. The molecule has 2 heterocycles. The Morgan fingerprint density at radius 3 is 2.83 bits per heavy atom. The number of H-pyrrole nitrogens is 1. The van der Waals surface area contributed by atoms with E-state index in [2.05, 4.69) is 22.0 Å². The van der Waals surface area contributed by atoms with E-state index in [9.17, 15) is 9.59 Å². The van der Waals surface area contributed by atoms with Gasteiger partial charge in [-0.1, -0.05) is 29.8 Å². The summed E-state index contributed by atoms with van der Waals surface area (Å²) in [6, 6.07) is 11.7. The number of nitrogens with zero attached hydrogens (tertiary/aromatic N) is 2. The van der Waals surface area contributed by atoms with Gasteiger partial charge in [-0.25, -0.2) is 0 Å². The van der Waals surface area contributed by atoms with E-state index in [4.69, 9.17) is 11.6 Å². The minimum atomic E-state index is -0.384. The van der Waals surface area contributed by atoms with Gasteiger partial charge in [0.05, 0.1) is 5.56 Å². The van der Waals surface area contributed by atoms with E-state index in [0.717, 1.165) is 19.5 Å². The summed E-state index contributed by atoms with van der Waals surface area (Å²) in [5.74, 6) is 0.295. The van der Waals surface area contributed by atoms with Crippen molar-refractivity contribution in [3.05, 3.63) is 63.5 Å². The molecule has 24 heavy (non-hydrogen) atoms. The summed E-state index contributed by atoms with van der Waals surface area (Å²) in [7, 11) is 1.78. The SMILES string of the molecule is CN(C[C@@H]1CCN(c2ccccc2)C1)C(=O)c1c[nH]c(=O)c(Cl)c1. The van der Waals surface area contributed by atoms with Crippen LogP contribution in [0.3, 0.4) is 0 Å². The molecule has 1 aliphatic rings. The quantitative estimate of drug-likeness (QED) is 0.926. The minimum Gasteiger partial charge on any atom is -0.371 e. The summed E-state index contributed by atoms with van der Waals surface area (Å²) in [6.07, 6.45) is 2.47. The van der Waals surface area contributed by atoms with Crippen LogP contribution < -0.4 is 10.5 Å². The molecule has 1 amide bonds. The standard InChI is InChI=1S/C18H20ClN3O2/c1-21(18(24)14-9-16(19)17(23)20-10-14)11-13-7-8-22(12-13)15-5-3-2-4-6-15/h2-6,9-10,13H,7-8,11-12H2,1H3,(H,20,23)/t13-/m0/s1. The van der Waals surface area contributed by atoms with Gasteiger partial charge in [0.25, 0.3) is 11.5 Å². The lowest BCUT2D eigenvalue weighted by molar-refractivity contribution is 0.0776. The molecule has 1 fully saturated rings. The van der Waals surface area contributed by atoms with Gasteiger partial charge in [0, 0.05) is 38.6 Å². The second kappa shape index (κ2) is 7.09. The van der Waals surface area contributed by atoms with Crippen LogP contribution in [0.5, 0.6) is 0 Å². The van der Waals surface area contributed by atoms with Crippen LogP contribution >= 0.6 is 11.6 Å². The summed E-state index contributed by atoms with van der Waals surface area (Å²) in [5, 5.41) is 0.0327. The zero-order valence-corrected chi connectivity index (χ0v) is 14.3. The number of carbonyl (C=O) groups is 1. The molecule has 126 valence electrons. The Morgan fingerprint density at radius 1 is 1.38 bits per heavy atom. The largest absolute Gasteiger partial charge is 0.371 e. The van der Waals surface area contributed by atoms with E-state index >= 15 is 0 Å². The number of carbonyl (C=O) groups excluding carboxylic acids is 1. The molecule has 1 aromatic carbocycles. The lowest BCUT2D eigenvalue weighted by atomic mass is 10.1. The van der Waals surface area contributed by atoms with Crippen LogP contribution in [0.2, 0.25) is 5.02 Å². The third-order valence-corrected chi connectivity index (χ3v) is 4.67. The molecule has 0 radical (unpaired) electrons. The predicted octanol–water partition coefficient (Wildman–Crippen LogP) is 2.63. The highest BCUT2D eigenvalue weighted by Gasteiger charge is 2.25. The third-order valence-electron chi connectivity index (χ3n) is 4.39. The number of benzene rings is 1. The number of hydrogen-bond acceptors (Lipinski definition) is 3. The van der Waals surface area contributed by atoms with Gasteiger partial charge >= 0.3 is 0 Å². The second-order valence-electron chi connectivity index (χ2n) is 6.19. The summed E-state index contributed by atoms with van der Waals surface area (Å²) < 4.78 is 0.